The smallest absolute Gasteiger partial charge is 0.322 e. The Morgan fingerprint density at radius 1 is 0.767 bits per heavy atom. The molecule has 0 radical (unpaired) electrons. The van der Waals surface area contributed by atoms with Crippen LogP contribution in [-0.4, -0.2) is 23.9 Å². The van der Waals surface area contributed by atoms with Crippen molar-refractivity contribution in [2.24, 2.45) is 5.10 Å². The van der Waals surface area contributed by atoms with E-state index in [2.05, 4.69) is 37.1 Å². The molecule has 3 rings (SSSR count). The monoisotopic (exact) mass is 464 g/mol. The highest BCUT2D eigenvalue weighted by Gasteiger charge is 2.17. The zero-order valence-corrected chi connectivity index (χ0v) is 17.2. The summed E-state index contributed by atoms with van der Waals surface area (Å²) in [5, 5.41) is 8.94. The molecule has 0 spiro atoms. The van der Waals surface area contributed by atoms with Crippen LogP contribution in [0.15, 0.2) is 88.4 Å². The number of para-hydroxylation sites is 1. The fraction of sp³-hybridized carbons (Fsp3) is 0. The average molecular weight is 465 g/mol. The molecule has 0 unspecified atom stereocenters. The van der Waals surface area contributed by atoms with Gasteiger partial charge in [-0.25, -0.2) is 5.43 Å². The van der Waals surface area contributed by atoms with Crippen molar-refractivity contribution in [2.75, 3.05) is 10.6 Å². The van der Waals surface area contributed by atoms with Gasteiger partial charge in [0, 0.05) is 10.2 Å². The second-order valence-electron chi connectivity index (χ2n) is 6.07. The minimum absolute atomic E-state index is 0.208. The number of nitrogens with zero attached hydrogens (tertiary/aromatic N) is 1. The van der Waals surface area contributed by atoms with Gasteiger partial charge in [0.05, 0.1) is 17.5 Å². The van der Waals surface area contributed by atoms with E-state index >= 15 is 0 Å². The van der Waals surface area contributed by atoms with Gasteiger partial charge in [0.1, 0.15) is 0 Å². The first-order valence-corrected chi connectivity index (χ1v) is 9.67. The van der Waals surface area contributed by atoms with Gasteiger partial charge in [-0.05, 0) is 42.0 Å². The van der Waals surface area contributed by atoms with Crippen molar-refractivity contribution in [1.29, 1.82) is 0 Å². The van der Waals surface area contributed by atoms with E-state index < -0.39 is 17.7 Å². The van der Waals surface area contributed by atoms with Crippen molar-refractivity contribution in [2.45, 2.75) is 0 Å². The van der Waals surface area contributed by atoms with Crippen LogP contribution in [0.3, 0.4) is 0 Å². The molecule has 3 aromatic rings. The summed E-state index contributed by atoms with van der Waals surface area (Å²) in [4.78, 5) is 36.8. The van der Waals surface area contributed by atoms with Crippen molar-refractivity contribution in [1.82, 2.24) is 5.43 Å². The standard InChI is InChI=1S/C22H17BrN4O3/c23-16-10-12-17(13-11-16)25-20(28)18-8-4-5-9-19(18)26-21(29)22(30)27-24-14-15-6-2-1-3-7-15/h1-14H,(H,25,28)(H,26,29)(H,27,30). The van der Waals surface area contributed by atoms with Crippen molar-refractivity contribution in [3.8, 4) is 0 Å². The topological polar surface area (TPSA) is 99.7 Å². The lowest BCUT2D eigenvalue weighted by atomic mass is 10.1. The fourth-order valence-electron chi connectivity index (χ4n) is 2.46. The van der Waals surface area contributed by atoms with Gasteiger partial charge in [-0.15, -0.1) is 0 Å². The molecule has 8 heteroatoms. The number of hydrazone groups is 1. The SMILES string of the molecule is O=C(NN=Cc1ccccc1)C(=O)Nc1ccccc1C(=O)Nc1ccc(Br)cc1. The van der Waals surface area contributed by atoms with E-state index in [9.17, 15) is 14.4 Å². The van der Waals surface area contributed by atoms with Crippen LogP contribution < -0.4 is 16.1 Å². The number of nitrogens with one attached hydrogen (secondary N) is 3. The molecule has 0 aliphatic heterocycles. The third-order valence-electron chi connectivity index (χ3n) is 3.91. The summed E-state index contributed by atoms with van der Waals surface area (Å²) in [7, 11) is 0. The number of carbonyl (C=O) groups is 3. The van der Waals surface area contributed by atoms with E-state index in [-0.39, 0.29) is 11.3 Å². The normalized spacial score (nSPS) is 10.4. The minimum atomic E-state index is -0.953. The predicted molar refractivity (Wildman–Crippen MR) is 119 cm³/mol. The van der Waals surface area contributed by atoms with Crippen LogP contribution in [-0.2, 0) is 9.59 Å². The molecule has 150 valence electrons. The number of benzene rings is 3. The molecule has 0 aliphatic carbocycles. The van der Waals surface area contributed by atoms with Crippen LogP contribution in [0, 0.1) is 0 Å². The first-order chi connectivity index (χ1) is 14.5. The highest BCUT2D eigenvalue weighted by Crippen LogP contribution is 2.19. The summed E-state index contributed by atoms with van der Waals surface area (Å²) in [6.07, 6.45) is 1.42. The molecular formula is C22H17BrN4O3. The Bertz CT molecular complexity index is 1080. The van der Waals surface area contributed by atoms with E-state index in [1.54, 1.807) is 54.6 Å². The Hall–Kier alpha value is -3.78. The maximum Gasteiger partial charge on any atom is 0.329 e. The largest absolute Gasteiger partial charge is 0.329 e. The van der Waals surface area contributed by atoms with Gasteiger partial charge in [-0.1, -0.05) is 58.4 Å². The van der Waals surface area contributed by atoms with Crippen LogP contribution in [0.25, 0.3) is 0 Å². The number of halogens is 1. The first kappa shape index (κ1) is 20.9. The highest BCUT2D eigenvalue weighted by atomic mass is 79.9. The van der Waals surface area contributed by atoms with Crippen molar-refractivity contribution >= 4 is 51.2 Å². The van der Waals surface area contributed by atoms with Gasteiger partial charge >= 0.3 is 11.8 Å². The minimum Gasteiger partial charge on any atom is -0.322 e. The van der Waals surface area contributed by atoms with Crippen molar-refractivity contribution in [3.05, 3.63) is 94.5 Å². The second kappa shape index (κ2) is 10.1. The quantitative estimate of drug-likeness (QED) is 0.304. The summed E-state index contributed by atoms with van der Waals surface area (Å²) in [5.41, 5.74) is 3.95. The molecule has 0 aromatic heterocycles. The molecule has 0 saturated heterocycles. The van der Waals surface area contributed by atoms with Gasteiger partial charge in [0.2, 0.25) is 0 Å². The molecule has 0 saturated carbocycles. The number of anilines is 2. The molecule has 0 aliphatic rings. The van der Waals surface area contributed by atoms with E-state index in [0.717, 1.165) is 10.0 Å². The second-order valence-corrected chi connectivity index (χ2v) is 6.99. The number of rotatable bonds is 5. The predicted octanol–water partition coefficient (Wildman–Crippen LogP) is 3.79. The van der Waals surface area contributed by atoms with E-state index in [0.29, 0.717) is 5.69 Å². The van der Waals surface area contributed by atoms with E-state index in [1.165, 1.54) is 12.3 Å². The lowest BCUT2D eigenvalue weighted by Gasteiger charge is -2.11. The molecular weight excluding hydrogens is 448 g/mol. The third-order valence-corrected chi connectivity index (χ3v) is 4.44. The number of amides is 3. The van der Waals surface area contributed by atoms with Crippen LogP contribution in [0.5, 0.6) is 0 Å². The zero-order valence-electron chi connectivity index (χ0n) is 15.6. The summed E-state index contributed by atoms with van der Waals surface area (Å²) in [6, 6.07) is 22.6. The van der Waals surface area contributed by atoms with Gasteiger partial charge in [0.15, 0.2) is 0 Å². The number of hydrogen-bond donors (Lipinski definition) is 3. The molecule has 3 N–H and O–H groups in total. The van der Waals surface area contributed by atoms with Gasteiger partial charge in [-0.2, -0.15) is 5.10 Å². The summed E-state index contributed by atoms with van der Waals surface area (Å²) in [5.74, 6) is -2.31. The van der Waals surface area contributed by atoms with Crippen LogP contribution in [0.4, 0.5) is 11.4 Å². The molecule has 30 heavy (non-hydrogen) atoms. The zero-order chi connectivity index (χ0) is 21.3. The summed E-state index contributed by atoms with van der Waals surface area (Å²) in [6.45, 7) is 0. The van der Waals surface area contributed by atoms with E-state index in [4.69, 9.17) is 0 Å². The third kappa shape index (κ3) is 5.86. The fourth-order valence-corrected chi connectivity index (χ4v) is 2.72. The first-order valence-electron chi connectivity index (χ1n) is 8.88. The molecule has 3 aromatic carbocycles. The maximum atomic E-state index is 12.6. The van der Waals surface area contributed by atoms with Gasteiger partial charge in [0.25, 0.3) is 5.91 Å². The Kier molecular flexibility index (Phi) is 7.07. The van der Waals surface area contributed by atoms with Crippen LogP contribution >= 0.6 is 15.9 Å². The molecule has 0 bridgehead atoms. The van der Waals surface area contributed by atoms with Crippen LogP contribution in [0.2, 0.25) is 0 Å². The average Bonchev–Trinajstić information content (AvgIpc) is 2.76. The molecule has 0 heterocycles. The number of hydrogen-bond acceptors (Lipinski definition) is 4. The Balaban J connectivity index is 1.64. The molecule has 7 nitrogen and oxygen atoms in total. The number of carbonyl (C=O) groups excluding carboxylic acids is 3. The summed E-state index contributed by atoms with van der Waals surface area (Å²) < 4.78 is 0.883. The summed E-state index contributed by atoms with van der Waals surface area (Å²) >= 11 is 3.33. The van der Waals surface area contributed by atoms with Crippen molar-refractivity contribution in [3.63, 3.8) is 0 Å². The van der Waals surface area contributed by atoms with Gasteiger partial charge in [-0.3, -0.25) is 14.4 Å². The van der Waals surface area contributed by atoms with Gasteiger partial charge < -0.3 is 10.6 Å². The molecule has 0 atom stereocenters. The Morgan fingerprint density at radius 3 is 2.17 bits per heavy atom. The van der Waals surface area contributed by atoms with Crippen molar-refractivity contribution < 1.29 is 14.4 Å². The molecule has 0 fully saturated rings. The lowest BCUT2D eigenvalue weighted by Crippen LogP contribution is -2.33. The van der Waals surface area contributed by atoms with E-state index in [1.807, 2.05) is 18.2 Å². The molecule has 3 amide bonds. The Morgan fingerprint density at radius 2 is 1.43 bits per heavy atom. The van der Waals surface area contributed by atoms with Crippen LogP contribution in [0.1, 0.15) is 15.9 Å². The maximum absolute atomic E-state index is 12.6. The highest BCUT2D eigenvalue weighted by molar-refractivity contribution is 9.10. The Labute approximate surface area is 181 Å². The lowest BCUT2D eigenvalue weighted by molar-refractivity contribution is -0.136.